The van der Waals surface area contributed by atoms with E-state index in [0.29, 0.717) is 6.42 Å². The van der Waals surface area contributed by atoms with Crippen molar-refractivity contribution in [3.8, 4) is 0 Å². The Hall–Kier alpha value is -2.59. The van der Waals surface area contributed by atoms with E-state index in [4.69, 9.17) is 0 Å². The van der Waals surface area contributed by atoms with E-state index < -0.39 is 0 Å². The first kappa shape index (κ1) is 18.2. The molecule has 1 atom stereocenters. The second kappa shape index (κ2) is 8.19. The zero-order chi connectivity index (χ0) is 18.5. The number of aryl methyl sites for hydroxylation is 2. The average Bonchev–Trinajstić information content (AvgIpc) is 3.01. The predicted octanol–water partition coefficient (Wildman–Crippen LogP) is 4.33. The van der Waals surface area contributed by atoms with Gasteiger partial charge in [-0.2, -0.15) is 0 Å². The standard InChI is InChI=1S/C22H27N3O/c1-15-8-9-20(16(2)12-15)25-22(26)13-17(3)23-11-10-18-14-24-21-7-5-4-6-19(18)21/h4-9,12,14,17,23-24H,10-11,13H2,1-3H3,(H,25,26). The summed E-state index contributed by atoms with van der Waals surface area (Å²) in [5.74, 6) is 0.0454. The summed E-state index contributed by atoms with van der Waals surface area (Å²) in [6.07, 6.45) is 3.47. The molecule has 3 rings (SSSR count). The minimum Gasteiger partial charge on any atom is -0.361 e. The van der Waals surface area contributed by atoms with Crippen LogP contribution in [-0.2, 0) is 11.2 Å². The summed E-state index contributed by atoms with van der Waals surface area (Å²) < 4.78 is 0. The minimum atomic E-state index is 0.0454. The van der Waals surface area contributed by atoms with E-state index in [1.807, 2.05) is 25.1 Å². The molecule has 0 fully saturated rings. The van der Waals surface area contributed by atoms with Crippen molar-refractivity contribution in [3.05, 3.63) is 65.4 Å². The number of carbonyl (C=O) groups excluding carboxylic acids is 1. The van der Waals surface area contributed by atoms with Crippen LogP contribution in [0.15, 0.2) is 48.7 Å². The Kier molecular flexibility index (Phi) is 5.74. The SMILES string of the molecule is Cc1ccc(NC(=O)CC(C)NCCc2c[nH]c3ccccc23)c(C)c1. The minimum absolute atomic E-state index is 0.0454. The number of amides is 1. The second-order valence-electron chi connectivity index (χ2n) is 7.04. The lowest BCUT2D eigenvalue weighted by Gasteiger charge is -2.14. The molecule has 0 saturated heterocycles. The van der Waals surface area contributed by atoms with Crippen molar-refractivity contribution in [1.29, 1.82) is 0 Å². The maximum Gasteiger partial charge on any atom is 0.225 e. The molecule has 3 N–H and O–H groups in total. The summed E-state index contributed by atoms with van der Waals surface area (Å²) >= 11 is 0. The van der Waals surface area contributed by atoms with Gasteiger partial charge in [0.05, 0.1) is 0 Å². The Morgan fingerprint density at radius 1 is 1.15 bits per heavy atom. The fourth-order valence-corrected chi connectivity index (χ4v) is 3.30. The third-order valence-corrected chi connectivity index (χ3v) is 4.71. The van der Waals surface area contributed by atoms with Gasteiger partial charge in [-0.1, -0.05) is 35.9 Å². The number of carbonyl (C=O) groups is 1. The highest BCUT2D eigenvalue weighted by Gasteiger charge is 2.10. The van der Waals surface area contributed by atoms with Crippen LogP contribution in [0.4, 0.5) is 5.69 Å². The Morgan fingerprint density at radius 2 is 1.96 bits per heavy atom. The molecule has 0 spiro atoms. The first-order valence-electron chi connectivity index (χ1n) is 9.18. The van der Waals surface area contributed by atoms with E-state index in [9.17, 15) is 4.79 Å². The molecule has 0 aliphatic carbocycles. The molecular weight excluding hydrogens is 322 g/mol. The van der Waals surface area contributed by atoms with Gasteiger partial charge in [0.1, 0.15) is 0 Å². The average molecular weight is 349 g/mol. The van der Waals surface area contributed by atoms with Crippen molar-refractivity contribution >= 4 is 22.5 Å². The van der Waals surface area contributed by atoms with Gasteiger partial charge >= 0.3 is 0 Å². The Labute approximate surface area is 155 Å². The highest BCUT2D eigenvalue weighted by Crippen LogP contribution is 2.18. The predicted molar refractivity (Wildman–Crippen MR) is 109 cm³/mol. The summed E-state index contributed by atoms with van der Waals surface area (Å²) in [5.41, 5.74) is 5.67. The van der Waals surface area contributed by atoms with Gasteiger partial charge in [-0.3, -0.25) is 4.79 Å². The van der Waals surface area contributed by atoms with Crippen molar-refractivity contribution in [2.24, 2.45) is 0 Å². The van der Waals surface area contributed by atoms with Crippen LogP contribution < -0.4 is 10.6 Å². The van der Waals surface area contributed by atoms with E-state index in [2.05, 4.69) is 59.9 Å². The molecule has 1 unspecified atom stereocenters. The molecule has 3 aromatic rings. The third kappa shape index (κ3) is 4.52. The van der Waals surface area contributed by atoms with E-state index >= 15 is 0 Å². The maximum atomic E-state index is 12.3. The zero-order valence-corrected chi connectivity index (χ0v) is 15.7. The van der Waals surface area contributed by atoms with E-state index in [0.717, 1.165) is 24.2 Å². The molecule has 1 heterocycles. The first-order valence-corrected chi connectivity index (χ1v) is 9.18. The molecule has 0 aliphatic rings. The van der Waals surface area contributed by atoms with Gasteiger partial charge in [0, 0.05) is 35.2 Å². The zero-order valence-electron chi connectivity index (χ0n) is 15.7. The molecular formula is C22H27N3O. The van der Waals surface area contributed by atoms with Gasteiger partial charge in [0.2, 0.25) is 5.91 Å². The number of anilines is 1. The van der Waals surface area contributed by atoms with Crippen LogP contribution in [0.3, 0.4) is 0 Å². The van der Waals surface area contributed by atoms with Gasteiger partial charge < -0.3 is 15.6 Å². The Balaban J connectivity index is 1.46. The topological polar surface area (TPSA) is 56.9 Å². The van der Waals surface area contributed by atoms with Crippen molar-refractivity contribution in [3.63, 3.8) is 0 Å². The van der Waals surface area contributed by atoms with E-state index in [-0.39, 0.29) is 11.9 Å². The van der Waals surface area contributed by atoms with Gasteiger partial charge in [-0.15, -0.1) is 0 Å². The normalized spacial score (nSPS) is 12.3. The van der Waals surface area contributed by atoms with Crippen LogP contribution in [-0.4, -0.2) is 23.5 Å². The number of fused-ring (bicyclic) bond motifs is 1. The maximum absolute atomic E-state index is 12.3. The van der Waals surface area contributed by atoms with E-state index in [1.54, 1.807) is 0 Å². The number of aromatic amines is 1. The molecule has 26 heavy (non-hydrogen) atoms. The molecule has 2 aromatic carbocycles. The van der Waals surface area contributed by atoms with Gasteiger partial charge in [-0.25, -0.2) is 0 Å². The summed E-state index contributed by atoms with van der Waals surface area (Å²) in [4.78, 5) is 15.6. The van der Waals surface area contributed by atoms with Crippen LogP contribution in [0.1, 0.15) is 30.0 Å². The monoisotopic (exact) mass is 349 g/mol. The molecule has 4 heteroatoms. The smallest absolute Gasteiger partial charge is 0.225 e. The fraction of sp³-hybridized carbons (Fsp3) is 0.318. The number of H-pyrrole nitrogens is 1. The van der Waals surface area contributed by atoms with Crippen LogP contribution >= 0.6 is 0 Å². The third-order valence-electron chi connectivity index (χ3n) is 4.71. The van der Waals surface area contributed by atoms with Gasteiger partial charge in [0.25, 0.3) is 0 Å². The van der Waals surface area contributed by atoms with Crippen molar-refractivity contribution in [2.45, 2.75) is 39.7 Å². The fourth-order valence-electron chi connectivity index (χ4n) is 3.30. The number of hydrogen-bond acceptors (Lipinski definition) is 2. The number of benzene rings is 2. The molecule has 4 nitrogen and oxygen atoms in total. The number of nitrogens with one attached hydrogen (secondary N) is 3. The van der Waals surface area contributed by atoms with Gasteiger partial charge in [-0.05, 0) is 57.0 Å². The molecule has 1 amide bonds. The van der Waals surface area contributed by atoms with Gasteiger partial charge in [0.15, 0.2) is 0 Å². The highest BCUT2D eigenvalue weighted by atomic mass is 16.1. The lowest BCUT2D eigenvalue weighted by atomic mass is 10.1. The lowest BCUT2D eigenvalue weighted by molar-refractivity contribution is -0.116. The summed E-state index contributed by atoms with van der Waals surface area (Å²) in [6, 6.07) is 14.5. The lowest BCUT2D eigenvalue weighted by Crippen LogP contribution is -2.32. The number of para-hydroxylation sites is 1. The number of aromatic nitrogens is 1. The Bertz CT molecular complexity index is 897. The molecule has 0 aliphatic heterocycles. The van der Waals surface area contributed by atoms with Crippen LogP contribution in [0.5, 0.6) is 0 Å². The molecule has 0 saturated carbocycles. The van der Waals surface area contributed by atoms with Crippen molar-refractivity contribution < 1.29 is 4.79 Å². The van der Waals surface area contributed by atoms with Crippen LogP contribution in [0.25, 0.3) is 10.9 Å². The highest BCUT2D eigenvalue weighted by molar-refractivity contribution is 5.91. The summed E-state index contributed by atoms with van der Waals surface area (Å²) in [7, 11) is 0. The van der Waals surface area contributed by atoms with Crippen molar-refractivity contribution in [2.75, 3.05) is 11.9 Å². The number of hydrogen-bond donors (Lipinski definition) is 3. The summed E-state index contributed by atoms with van der Waals surface area (Å²) in [5, 5.41) is 7.74. The summed E-state index contributed by atoms with van der Waals surface area (Å²) in [6.45, 7) is 6.97. The molecule has 136 valence electrons. The molecule has 1 aromatic heterocycles. The van der Waals surface area contributed by atoms with Crippen LogP contribution in [0, 0.1) is 13.8 Å². The largest absolute Gasteiger partial charge is 0.361 e. The quantitative estimate of drug-likeness (QED) is 0.594. The Morgan fingerprint density at radius 3 is 2.77 bits per heavy atom. The van der Waals surface area contributed by atoms with Crippen LogP contribution in [0.2, 0.25) is 0 Å². The second-order valence-corrected chi connectivity index (χ2v) is 7.04. The van der Waals surface area contributed by atoms with E-state index in [1.165, 1.54) is 22.0 Å². The number of rotatable bonds is 7. The molecule has 0 radical (unpaired) electrons. The first-order chi connectivity index (χ1) is 12.5. The molecule has 0 bridgehead atoms. The van der Waals surface area contributed by atoms with Crippen molar-refractivity contribution in [1.82, 2.24) is 10.3 Å².